The predicted molar refractivity (Wildman–Crippen MR) is 93.6 cm³/mol. The first-order valence-electron chi connectivity index (χ1n) is 7.24. The number of nitrogens with zero attached hydrogens (tertiary/aromatic N) is 2. The molecule has 1 N–H and O–H groups in total. The maximum Gasteiger partial charge on any atom is 0.251 e. The van der Waals surface area contributed by atoms with Crippen molar-refractivity contribution in [2.24, 2.45) is 0 Å². The maximum atomic E-state index is 12.3. The fourth-order valence-electron chi connectivity index (χ4n) is 2.35. The van der Waals surface area contributed by atoms with E-state index in [1.807, 2.05) is 28.9 Å². The number of nitrogens with one attached hydrogen (secondary N) is 1. The van der Waals surface area contributed by atoms with Gasteiger partial charge in [0.05, 0.1) is 26.5 Å². The van der Waals surface area contributed by atoms with E-state index in [4.69, 9.17) is 9.47 Å². The number of hydrogen-bond donors (Lipinski definition) is 1. The first kappa shape index (κ1) is 16.3. The van der Waals surface area contributed by atoms with E-state index in [2.05, 4.69) is 26.2 Å². The number of fused-ring (bicyclic) bond motifs is 1. The number of ether oxygens (including phenoxy) is 2. The second-order valence-electron chi connectivity index (χ2n) is 5.10. The van der Waals surface area contributed by atoms with Crippen molar-refractivity contribution >= 4 is 27.5 Å². The molecule has 3 aromatic rings. The van der Waals surface area contributed by atoms with Crippen LogP contribution in [0.25, 0.3) is 5.65 Å². The van der Waals surface area contributed by atoms with E-state index >= 15 is 0 Å². The van der Waals surface area contributed by atoms with E-state index in [1.165, 1.54) is 7.11 Å². The third-order valence-electron chi connectivity index (χ3n) is 3.54. The molecule has 3 rings (SSSR count). The van der Waals surface area contributed by atoms with Crippen molar-refractivity contribution in [2.45, 2.75) is 6.54 Å². The van der Waals surface area contributed by atoms with Gasteiger partial charge in [0.1, 0.15) is 5.65 Å². The van der Waals surface area contributed by atoms with Gasteiger partial charge in [-0.15, -0.1) is 0 Å². The van der Waals surface area contributed by atoms with Gasteiger partial charge in [-0.2, -0.15) is 0 Å². The summed E-state index contributed by atoms with van der Waals surface area (Å²) < 4.78 is 13.3. The van der Waals surface area contributed by atoms with E-state index in [0.29, 0.717) is 23.6 Å². The van der Waals surface area contributed by atoms with Crippen molar-refractivity contribution in [1.29, 1.82) is 0 Å². The van der Waals surface area contributed by atoms with Crippen LogP contribution in [0, 0.1) is 0 Å². The van der Waals surface area contributed by atoms with E-state index in [9.17, 15) is 4.79 Å². The molecule has 0 atom stereocenters. The van der Waals surface area contributed by atoms with Crippen LogP contribution in [-0.4, -0.2) is 29.5 Å². The second-order valence-corrected chi connectivity index (χ2v) is 6.01. The highest BCUT2D eigenvalue weighted by Gasteiger charge is 2.11. The molecule has 7 heteroatoms. The van der Waals surface area contributed by atoms with Crippen molar-refractivity contribution in [3.63, 3.8) is 0 Å². The Balaban J connectivity index is 1.72. The number of imidazole rings is 1. The Labute approximate surface area is 147 Å². The number of amides is 1. The van der Waals surface area contributed by atoms with Crippen LogP contribution in [0.3, 0.4) is 0 Å². The van der Waals surface area contributed by atoms with Gasteiger partial charge in [0.15, 0.2) is 11.5 Å². The molecule has 0 bridgehead atoms. The minimum Gasteiger partial charge on any atom is -0.493 e. The number of hydrogen-bond acceptors (Lipinski definition) is 4. The van der Waals surface area contributed by atoms with Gasteiger partial charge in [-0.05, 0) is 46.3 Å². The summed E-state index contributed by atoms with van der Waals surface area (Å²) in [5, 5.41) is 2.86. The molecule has 0 aliphatic heterocycles. The minimum atomic E-state index is -0.200. The van der Waals surface area contributed by atoms with Crippen molar-refractivity contribution in [3.05, 3.63) is 58.5 Å². The molecule has 24 heavy (non-hydrogen) atoms. The molecule has 0 aliphatic rings. The van der Waals surface area contributed by atoms with Gasteiger partial charge in [0.25, 0.3) is 5.91 Å². The number of halogens is 1. The first-order chi connectivity index (χ1) is 11.6. The third-order valence-corrected chi connectivity index (χ3v) is 4.01. The second kappa shape index (κ2) is 6.92. The molecule has 0 spiro atoms. The van der Waals surface area contributed by atoms with Gasteiger partial charge in [-0.25, -0.2) is 4.98 Å². The molecular formula is C17H16BrN3O3. The quantitative estimate of drug-likeness (QED) is 0.728. The fourth-order valence-corrected chi connectivity index (χ4v) is 2.71. The lowest BCUT2D eigenvalue weighted by atomic mass is 10.2. The van der Waals surface area contributed by atoms with E-state index in [1.54, 1.807) is 25.3 Å². The molecule has 0 saturated carbocycles. The smallest absolute Gasteiger partial charge is 0.251 e. The summed E-state index contributed by atoms with van der Waals surface area (Å²) in [5.41, 5.74) is 2.11. The maximum absolute atomic E-state index is 12.3. The van der Waals surface area contributed by atoms with Gasteiger partial charge >= 0.3 is 0 Å². The Hall–Kier alpha value is -2.54. The molecule has 0 saturated heterocycles. The summed E-state index contributed by atoms with van der Waals surface area (Å²) in [7, 11) is 3.09. The standard InChI is InChI=1S/C17H16BrN3O3/c1-23-14-5-3-11(7-15(14)24-2)17(22)19-8-13-10-21-9-12(18)4-6-16(21)20-13/h3-7,9-10H,8H2,1-2H3,(H,19,22). The molecule has 0 aliphatic carbocycles. The molecule has 124 valence electrons. The number of pyridine rings is 1. The molecule has 2 heterocycles. The Morgan fingerprint density at radius 1 is 1.17 bits per heavy atom. The topological polar surface area (TPSA) is 64.9 Å². The Kier molecular flexibility index (Phi) is 4.71. The molecule has 6 nitrogen and oxygen atoms in total. The van der Waals surface area contributed by atoms with Gasteiger partial charge in [0, 0.05) is 22.4 Å². The summed E-state index contributed by atoms with van der Waals surface area (Å²) in [6, 6.07) is 8.88. The number of benzene rings is 1. The number of aromatic nitrogens is 2. The Morgan fingerprint density at radius 3 is 2.71 bits per heavy atom. The third kappa shape index (κ3) is 3.35. The number of rotatable bonds is 5. The molecular weight excluding hydrogens is 374 g/mol. The Morgan fingerprint density at radius 2 is 1.96 bits per heavy atom. The molecule has 0 radical (unpaired) electrons. The van der Waals surface area contributed by atoms with Crippen LogP contribution in [0.5, 0.6) is 11.5 Å². The lowest BCUT2D eigenvalue weighted by Crippen LogP contribution is -2.23. The lowest BCUT2D eigenvalue weighted by Gasteiger charge is -2.09. The largest absolute Gasteiger partial charge is 0.493 e. The van der Waals surface area contributed by atoms with Crippen molar-refractivity contribution in [1.82, 2.24) is 14.7 Å². The van der Waals surface area contributed by atoms with Gasteiger partial charge in [-0.1, -0.05) is 0 Å². The highest BCUT2D eigenvalue weighted by molar-refractivity contribution is 9.10. The van der Waals surface area contributed by atoms with Crippen LogP contribution in [0.4, 0.5) is 0 Å². The average Bonchev–Trinajstić information content (AvgIpc) is 3.00. The summed E-state index contributed by atoms with van der Waals surface area (Å²) in [5.74, 6) is 0.900. The highest BCUT2D eigenvalue weighted by Crippen LogP contribution is 2.27. The van der Waals surface area contributed by atoms with Crippen molar-refractivity contribution in [2.75, 3.05) is 14.2 Å². The monoisotopic (exact) mass is 389 g/mol. The van der Waals surface area contributed by atoms with E-state index in [0.717, 1.165) is 15.8 Å². The van der Waals surface area contributed by atoms with Crippen molar-refractivity contribution < 1.29 is 14.3 Å². The van der Waals surface area contributed by atoms with Gasteiger partial charge in [0.2, 0.25) is 0 Å². The lowest BCUT2D eigenvalue weighted by molar-refractivity contribution is 0.0950. The number of carbonyl (C=O) groups excluding carboxylic acids is 1. The molecule has 1 amide bonds. The summed E-state index contributed by atoms with van der Waals surface area (Å²) in [6.07, 6.45) is 3.80. The van der Waals surface area contributed by atoms with Gasteiger partial charge in [-0.3, -0.25) is 4.79 Å². The van der Waals surface area contributed by atoms with Crippen molar-refractivity contribution in [3.8, 4) is 11.5 Å². The number of carbonyl (C=O) groups is 1. The number of methoxy groups -OCH3 is 2. The fraction of sp³-hybridized carbons (Fsp3) is 0.176. The predicted octanol–water partition coefficient (Wildman–Crippen LogP) is 3.04. The van der Waals surface area contributed by atoms with Crippen LogP contribution in [-0.2, 0) is 6.54 Å². The van der Waals surface area contributed by atoms with Crippen LogP contribution < -0.4 is 14.8 Å². The van der Waals surface area contributed by atoms with Gasteiger partial charge < -0.3 is 19.2 Å². The summed E-state index contributed by atoms with van der Waals surface area (Å²) in [4.78, 5) is 16.8. The van der Waals surface area contributed by atoms with Crippen LogP contribution >= 0.6 is 15.9 Å². The van der Waals surface area contributed by atoms with Crippen LogP contribution in [0.1, 0.15) is 16.1 Å². The molecule has 1 aromatic carbocycles. The normalized spacial score (nSPS) is 10.6. The minimum absolute atomic E-state index is 0.200. The zero-order chi connectivity index (χ0) is 17.1. The van der Waals surface area contributed by atoms with Crippen LogP contribution in [0.15, 0.2) is 47.2 Å². The summed E-state index contributed by atoms with van der Waals surface area (Å²) in [6.45, 7) is 0.340. The molecule has 2 aromatic heterocycles. The average molecular weight is 390 g/mol. The molecule has 0 unspecified atom stereocenters. The SMILES string of the molecule is COc1ccc(C(=O)NCc2cn3cc(Br)ccc3n2)cc1OC. The van der Waals surface area contributed by atoms with Crippen LogP contribution in [0.2, 0.25) is 0 Å². The molecule has 0 fully saturated rings. The van der Waals surface area contributed by atoms with E-state index < -0.39 is 0 Å². The highest BCUT2D eigenvalue weighted by atomic mass is 79.9. The van der Waals surface area contributed by atoms with E-state index in [-0.39, 0.29) is 5.91 Å². The zero-order valence-electron chi connectivity index (χ0n) is 13.2. The zero-order valence-corrected chi connectivity index (χ0v) is 14.8. The summed E-state index contributed by atoms with van der Waals surface area (Å²) >= 11 is 3.42. The Bertz CT molecular complexity index is 892. The first-order valence-corrected chi connectivity index (χ1v) is 8.03.